The molecule has 0 unspecified atom stereocenters. The summed E-state index contributed by atoms with van der Waals surface area (Å²) in [5.41, 5.74) is 1.90. The lowest BCUT2D eigenvalue weighted by Gasteiger charge is -2.26. The molecular formula is C21H28N2O3S. The molecule has 2 N–H and O–H groups in total. The largest absolute Gasteiger partial charge is 0.349 e. The van der Waals surface area contributed by atoms with Gasteiger partial charge in [-0.2, -0.15) is 0 Å². The van der Waals surface area contributed by atoms with Crippen LogP contribution in [0.25, 0.3) is 0 Å². The molecule has 0 radical (unpaired) electrons. The summed E-state index contributed by atoms with van der Waals surface area (Å²) in [6.07, 6.45) is 0. The van der Waals surface area contributed by atoms with Crippen molar-refractivity contribution in [3.63, 3.8) is 0 Å². The van der Waals surface area contributed by atoms with Crippen LogP contribution < -0.4 is 10.0 Å². The second-order valence-corrected chi connectivity index (χ2v) is 9.17. The number of anilines is 1. The lowest BCUT2D eigenvalue weighted by Crippen LogP contribution is -2.42. The Morgan fingerprint density at radius 1 is 0.852 bits per heavy atom. The fourth-order valence-electron chi connectivity index (χ4n) is 2.96. The first-order valence-electron chi connectivity index (χ1n) is 9.10. The maximum atomic E-state index is 12.5. The Morgan fingerprint density at radius 2 is 1.37 bits per heavy atom. The van der Waals surface area contributed by atoms with Crippen molar-refractivity contribution in [2.24, 2.45) is 11.8 Å². The van der Waals surface area contributed by atoms with E-state index in [4.69, 9.17) is 0 Å². The highest BCUT2D eigenvalue weighted by molar-refractivity contribution is 7.92. The number of carbonyl (C=O) groups excluding carboxylic acids is 1. The van der Waals surface area contributed by atoms with E-state index in [0.29, 0.717) is 23.1 Å². The summed E-state index contributed by atoms with van der Waals surface area (Å²) in [4.78, 5) is 12.7. The lowest BCUT2D eigenvalue weighted by molar-refractivity contribution is 0.0910. The summed E-state index contributed by atoms with van der Waals surface area (Å²) < 4.78 is 27.4. The third kappa shape index (κ3) is 5.57. The molecule has 0 atom stereocenters. The van der Waals surface area contributed by atoms with Gasteiger partial charge in [0.1, 0.15) is 0 Å². The van der Waals surface area contributed by atoms with Gasteiger partial charge in [-0.3, -0.25) is 9.52 Å². The molecule has 0 aliphatic rings. The van der Waals surface area contributed by atoms with Crippen LogP contribution in [0.1, 0.15) is 43.6 Å². The van der Waals surface area contributed by atoms with Gasteiger partial charge in [0.05, 0.1) is 4.90 Å². The van der Waals surface area contributed by atoms with Gasteiger partial charge >= 0.3 is 0 Å². The Bertz CT molecular complexity index is 863. The molecule has 2 rings (SSSR count). The highest BCUT2D eigenvalue weighted by Gasteiger charge is 2.20. The van der Waals surface area contributed by atoms with Gasteiger partial charge in [0.2, 0.25) is 0 Å². The SMILES string of the molecule is Cc1ccc(S(=O)(=O)Nc2ccc(C(=O)NC(C(C)C)C(C)C)cc2)cc1. The number of sulfonamides is 1. The Hall–Kier alpha value is -2.34. The minimum Gasteiger partial charge on any atom is -0.349 e. The van der Waals surface area contributed by atoms with Gasteiger partial charge in [-0.15, -0.1) is 0 Å². The second-order valence-electron chi connectivity index (χ2n) is 7.48. The molecule has 5 nitrogen and oxygen atoms in total. The molecule has 0 heterocycles. The maximum absolute atomic E-state index is 12.5. The molecular weight excluding hydrogens is 360 g/mol. The first-order valence-corrected chi connectivity index (χ1v) is 10.6. The van der Waals surface area contributed by atoms with Crippen LogP contribution in [0.5, 0.6) is 0 Å². The highest BCUT2D eigenvalue weighted by atomic mass is 32.2. The number of hydrogen-bond donors (Lipinski definition) is 2. The maximum Gasteiger partial charge on any atom is 0.261 e. The van der Waals surface area contributed by atoms with E-state index in [1.165, 1.54) is 0 Å². The van der Waals surface area contributed by atoms with E-state index >= 15 is 0 Å². The molecule has 1 amide bonds. The minimum absolute atomic E-state index is 0.0808. The van der Waals surface area contributed by atoms with Crippen LogP contribution in [0.2, 0.25) is 0 Å². The van der Waals surface area contributed by atoms with Crippen LogP contribution in [0.3, 0.4) is 0 Å². The van der Waals surface area contributed by atoms with E-state index in [0.717, 1.165) is 5.56 Å². The smallest absolute Gasteiger partial charge is 0.261 e. The van der Waals surface area contributed by atoms with E-state index in [1.54, 1.807) is 48.5 Å². The minimum atomic E-state index is -3.66. The van der Waals surface area contributed by atoms with Crippen molar-refractivity contribution in [3.8, 4) is 0 Å². The number of carbonyl (C=O) groups is 1. The number of benzene rings is 2. The lowest BCUT2D eigenvalue weighted by atomic mass is 9.93. The first kappa shape index (κ1) is 21.0. The molecule has 0 aliphatic heterocycles. The zero-order chi connectivity index (χ0) is 20.2. The fourth-order valence-corrected chi connectivity index (χ4v) is 4.02. The summed E-state index contributed by atoms with van der Waals surface area (Å²) >= 11 is 0. The van der Waals surface area contributed by atoms with Crippen LogP contribution in [0, 0.1) is 18.8 Å². The van der Waals surface area contributed by atoms with E-state index < -0.39 is 10.0 Å². The Balaban J connectivity index is 2.10. The highest BCUT2D eigenvalue weighted by Crippen LogP contribution is 2.18. The van der Waals surface area contributed by atoms with E-state index in [9.17, 15) is 13.2 Å². The molecule has 27 heavy (non-hydrogen) atoms. The van der Waals surface area contributed by atoms with Gasteiger partial charge in [0, 0.05) is 17.3 Å². The summed E-state index contributed by atoms with van der Waals surface area (Å²) in [5.74, 6) is 0.499. The molecule has 2 aromatic carbocycles. The molecule has 0 aliphatic carbocycles. The number of rotatable bonds is 7. The predicted octanol–water partition coefficient (Wildman–Crippen LogP) is 4.21. The molecule has 0 bridgehead atoms. The van der Waals surface area contributed by atoms with Crippen molar-refractivity contribution in [1.82, 2.24) is 5.32 Å². The molecule has 0 aromatic heterocycles. The van der Waals surface area contributed by atoms with Crippen molar-refractivity contribution in [1.29, 1.82) is 0 Å². The van der Waals surface area contributed by atoms with Crippen molar-refractivity contribution in [3.05, 3.63) is 59.7 Å². The number of amides is 1. The van der Waals surface area contributed by atoms with Crippen LogP contribution >= 0.6 is 0 Å². The Kier molecular flexibility index (Phi) is 6.65. The monoisotopic (exact) mass is 388 g/mol. The molecule has 0 saturated carbocycles. The number of hydrogen-bond acceptors (Lipinski definition) is 3. The van der Waals surface area contributed by atoms with Crippen LogP contribution in [0.4, 0.5) is 5.69 Å². The quantitative estimate of drug-likeness (QED) is 0.746. The molecule has 6 heteroatoms. The average molecular weight is 389 g/mol. The van der Waals surface area contributed by atoms with E-state index in [2.05, 4.69) is 37.7 Å². The average Bonchev–Trinajstić information content (AvgIpc) is 2.59. The fraction of sp³-hybridized carbons (Fsp3) is 0.381. The second kappa shape index (κ2) is 8.57. The van der Waals surface area contributed by atoms with Crippen molar-refractivity contribution in [2.75, 3.05) is 4.72 Å². The van der Waals surface area contributed by atoms with Crippen LogP contribution in [-0.2, 0) is 10.0 Å². The molecule has 2 aromatic rings. The van der Waals surface area contributed by atoms with Gasteiger partial charge in [-0.25, -0.2) is 8.42 Å². The van der Waals surface area contributed by atoms with Crippen molar-refractivity contribution in [2.45, 2.75) is 45.6 Å². The summed E-state index contributed by atoms with van der Waals surface area (Å²) in [5, 5.41) is 3.05. The molecule has 0 spiro atoms. The Morgan fingerprint density at radius 3 is 1.85 bits per heavy atom. The molecule has 0 fully saturated rings. The van der Waals surface area contributed by atoms with Gasteiger partial charge < -0.3 is 5.32 Å². The number of nitrogens with one attached hydrogen (secondary N) is 2. The van der Waals surface area contributed by atoms with Crippen LogP contribution in [0.15, 0.2) is 53.4 Å². The number of aryl methyl sites for hydroxylation is 1. The summed E-state index contributed by atoms with van der Waals surface area (Å²) in [7, 11) is -3.66. The third-order valence-electron chi connectivity index (χ3n) is 4.46. The van der Waals surface area contributed by atoms with Gasteiger partial charge in [-0.1, -0.05) is 45.4 Å². The molecule has 146 valence electrons. The van der Waals surface area contributed by atoms with Crippen molar-refractivity contribution < 1.29 is 13.2 Å². The first-order chi connectivity index (χ1) is 12.6. The Labute approximate surface area is 162 Å². The summed E-state index contributed by atoms with van der Waals surface area (Å²) in [6, 6.07) is 13.2. The summed E-state index contributed by atoms with van der Waals surface area (Å²) in [6.45, 7) is 10.2. The van der Waals surface area contributed by atoms with E-state index in [1.807, 2.05) is 6.92 Å². The van der Waals surface area contributed by atoms with Gasteiger partial charge in [0.25, 0.3) is 15.9 Å². The normalized spacial score (nSPS) is 11.9. The van der Waals surface area contributed by atoms with Gasteiger partial charge in [-0.05, 0) is 55.2 Å². The van der Waals surface area contributed by atoms with Crippen molar-refractivity contribution >= 4 is 21.6 Å². The zero-order valence-corrected chi connectivity index (χ0v) is 17.3. The molecule has 0 saturated heterocycles. The standard InChI is InChI=1S/C21H28N2O3S/c1-14(2)20(15(3)4)22-21(24)17-8-10-18(11-9-17)23-27(25,26)19-12-6-16(5)7-13-19/h6-15,20,23H,1-5H3,(H,22,24). The third-order valence-corrected chi connectivity index (χ3v) is 5.86. The predicted molar refractivity (Wildman–Crippen MR) is 109 cm³/mol. The van der Waals surface area contributed by atoms with E-state index in [-0.39, 0.29) is 16.8 Å². The van der Waals surface area contributed by atoms with Crippen LogP contribution in [-0.4, -0.2) is 20.4 Å². The van der Waals surface area contributed by atoms with Gasteiger partial charge in [0.15, 0.2) is 0 Å². The zero-order valence-electron chi connectivity index (χ0n) is 16.5. The topological polar surface area (TPSA) is 75.3 Å².